The molecule has 0 unspecified atom stereocenters. The molecule has 132 valence electrons. The normalized spacial score (nSPS) is 11.8. The molecule has 0 fully saturated rings. The minimum atomic E-state index is -3.48. The predicted molar refractivity (Wildman–Crippen MR) is 98.3 cm³/mol. The maximum absolute atomic E-state index is 13.9. The van der Waals surface area contributed by atoms with Crippen molar-refractivity contribution in [2.45, 2.75) is 17.7 Å². The van der Waals surface area contributed by atoms with Crippen LogP contribution in [0.2, 0.25) is 0 Å². The standard InChI is InChI=1S/C16H15FN2O3S3/c1-9-14-11(17)4-3-5-12(14)24-15(9)16(20)19-8-10-6-7-13(23-10)25(21,22)18-2/h3-7,18H,8H2,1-2H3,(H,19,20). The molecule has 0 aliphatic carbocycles. The number of carbonyl (C=O) groups is 1. The Morgan fingerprint density at radius 3 is 2.64 bits per heavy atom. The smallest absolute Gasteiger partial charge is 0.261 e. The van der Waals surface area contributed by atoms with Crippen molar-refractivity contribution in [1.29, 1.82) is 0 Å². The number of thiophene rings is 2. The highest BCUT2D eigenvalue weighted by Gasteiger charge is 2.18. The van der Waals surface area contributed by atoms with E-state index in [2.05, 4.69) is 10.0 Å². The SMILES string of the molecule is CNS(=O)(=O)c1ccc(CNC(=O)c2sc3cccc(F)c3c2C)s1. The number of nitrogens with one attached hydrogen (secondary N) is 2. The van der Waals surface area contributed by atoms with E-state index in [0.29, 0.717) is 20.7 Å². The van der Waals surface area contributed by atoms with Crippen molar-refractivity contribution in [3.05, 3.63) is 51.5 Å². The molecule has 1 amide bonds. The summed E-state index contributed by atoms with van der Waals surface area (Å²) in [4.78, 5) is 13.6. The van der Waals surface area contributed by atoms with Crippen LogP contribution in [0.5, 0.6) is 0 Å². The fraction of sp³-hybridized carbons (Fsp3) is 0.188. The lowest BCUT2D eigenvalue weighted by Gasteiger charge is -2.03. The summed E-state index contributed by atoms with van der Waals surface area (Å²) >= 11 is 2.33. The van der Waals surface area contributed by atoms with Gasteiger partial charge < -0.3 is 5.32 Å². The third kappa shape index (κ3) is 3.45. The summed E-state index contributed by atoms with van der Waals surface area (Å²) in [5.41, 5.74) is 0.611. The number of amides is 1. The Balaban J connectivity index is 1.78. The number of benzene rings is 1. The summed E-state index contributed by atoms with van der Waals surface area (Å²) in [6.45, 7) is 1.93. The van der Waals surface area contributed by atoms with Crippen LogP contribution in [0.3, 0.4) is 0 Å². The number of fused-ring (bicyclic) bond motifs is 1. The van der Waals surface area contributed by atoms with Crippen LogP contribution in [0.15, 0.2) is 34.5 Å². The summed E-state index contributed by atoms with van der Waals surface area (Å²) in [6.07, 6.45) is 0. The third-order valence-electron chi connectivity index (χ3n) is 3.70. The first-order valence-electron chi connectivity index (χ1n) is 7.31. The molecule has 0 saturated heterocycles. The van der Waals surface area contributed by atoms with Gasteiger partial charge >= 0.3 is 0 Å². The second-order valence-electron chi connectivity index (χ2n) is 5.28. The van der Waals surface area contributed by atoms with E-state index in [0.717, 1.165) is 16.0 Å². The van der Waals surface area contributed by atoms with Crippen LogP contribution < -0.4 is 10.0 Å². The monoisotopic (exact) mass is 398 g/mol. The van der Waals surface area contributed by atoms with Crippen molar-refractivity contribution in [3.63, 3.8) is 0 Å². The average Bonchev–Trinajstić information content (AvgIpc) is 3.19. The van der Waals surface area contributed by atoms with Gasteiger partial charge in [0.25, 0.3) is 5.91 Å². The fourth-order valence-corrected chi connectivity index (χ4v) is 5.69. The number of hydrogen-bond donors (Lipinski definition) is 2. The van der Waals surface area contributed by atoms with Gasteiger partial charge in [0.1, 0.15) is 10.0 Å². The van der Waals surface area contributed by atoms with Gasteiger partial charge in [0.2, 0.25) is 10.0 Å². The molecule has 2 heterocycles. The molecule has 1 aromatic carbocycles. The number of aryl methyl sites for hydroxylation is 1. The summed E-state index contributed by atoms with van der Waals surface area (Å²) in [6, 6.07) is 7.93. The van der Waals surface area contributed by atoms with Crippen molar-refractivity contribution in [1.82, 2.24) is 10.0 Å². The molecule has 0 saturated carbocycles. The topological polar surface area (TPSA) is 75.3 Å². The van der Waals surface area contributed by atoms with Crippen LogP contribution in [0, 0.1) is 12.7 Å². The molecule has 0 bridgehead atoms. The highest BCUT2D eigenvalue weighted by atomic mass is 32.2. The van der Waals surface area contributed by atoms with E-state index >= 15 is 0 Å². The van der Waals surface area contributed by atoms with Crippen LogP contribution in [-0.4, -0.2) is 21.4 Å². The maximum Gasteiger partial charge on any atom is 0.261 e. The lowest BCUT2D eigenvalue weighted by molar-refractivity contribution is 0.0955. The van der Waals surface area contributed by atoms with E-state index in [1.54, 1.807) is 25.1 Å². The Morgan fingerprint density at radius 2 is 1.96 bits per heavy atom. The zero-order chi connectivity index (χ0) is 18.2. The quantitative estimate of drug-likeness (QED) is 0.693. The first-order chi connectivity index (χ1) is 11.8. The summed E-state index contributed by atoms with van der Waals surface area (Å²) < 4.78 is 40.6. The molecular weight excluding hydrogens is 383 g/mol. The molecule has 0 spiro atoms. The average molecular weight is 399 g/mol. The molecule has 3 aromatic rings. The molecule has 0 radical (unpaired) electrons. The van der Waals surface area contributed by atoms with Crippen LogP contribution in [0.1, 0.15) is 20.1 Å². The number of rotatable bonds is 5. The van der Waals surface area contributed by atoms with Crippen molar-refractivity contribution < 1.29 is 17.6 Å². The van der Waals surface area contributed by atoms with E-state index in [4.69, 9.17) is 0 Å². The first-order valence-corrected chi connectivity index (χ1v) is 10.4. The Labute approximate surface area is 152 Å². The van der Waals surface area contributed by atoms with Gasteiger partial charge in [-0.1, -0.05) is 6.07 Å². The maximum atomic E-state index is 13.9. The van der Waals surface area contributed by atoms with Gasteiger partial charge in [-0.15, -0.1) is 22.7 Å². The van der Waals surface area contributed by atoms with E-state index in [1.807, 2.05) is 0 Å². The molecule has 0 atom stereocenters. The molecule has 25 heavy (non-hydrogen) atoms. The molecule has 3 rings (SSSR count). The lowest BCUT2D eigenvalue weighted by atomic mass is 10.1. The molecule has 0 aliphatic rings. The van der Waals surface area contributed by atoms with Crippen LogP contribution in [-0.2, 0) is 16.6 Å². The molecule has 2 aromatic heterocycles. The Kier molecular flexibility index (Phi) is 4.92. The second-order valence-corrected chi connectivity index (χ2v) is 9.61. The summed E-state index contributed by atoms with van der Waals surface area (Å²) in [7, 11) is -2.13. The van der Waals surface area contributed by atoms with Crippen molar-refractivity contribution >= 4 is 48.7 Å². The molecule has 5 nitrogen and oxygen atoms in total. The Hall–Kier alpha value is -1.81. The Bertz CT molecular complexity index is 1050. The van der Waals surface area contributed by atoms with Gasteiger partial charge in [0.05, 0.1) is 11.4 Å². The van der Waals surface area contributed by atoms with Crippen LogP contribution in [0.25, 0.3) is 10.1 Å². The largest absolute Gasteiger partial charge is 0.346 e. The van der Waals surface area contributed by atoms with E-state index in [1.165, 1.54) is 30.5 Å². The molecule has 0 aliphatic heterocycles. The highest BCUT2D eigenvalue weighted by molar-refractivity contribution is 7.91. The Morgan fingerprint density at radius 1 is 1.20 bits per heavy atom. The molecule has 9 heteroatoms. The van der Waals surface area contributed by atoms with Crippen molar-refractivity contribution in [2.75, 3.05) is 7.05 Å². The zero-order valence-electron chi connectivity index (χ0n) is 13.4. The summed E-state index contributed by atoms with van der Waals surface area (Å²) in [5.74, 6) is -0.644. The number of sulfonamides is 1. The number of hydrogen-bond acceptors (Lipinski definition) is 5. The van der Waals surface area contributed by atoms with E-state index in [9.17, 15) is 17.6 Å². The fourth-order valence-electron chi connectivity index (χ4n) is 2.42. The van der Waals surface area contributed by atoms with Gasteiger partial charge in [-0.3, -0.25) is 4.79 Å². The number of halogens is 1. The lowest BCUT2D eigenvalue weighted by Crippen LogP contribution is -2.22. The highest BCUT2D eigenvalue weighted by Crippen LogP contribution is 2.32. The minimum absolute atomic E-state index is 0.194. The van der Waals surface area contributed by atoms with Gasteiger partial charge in [0.15, 0.2) is 0 Å². The zero-order valence-corrected chi connectivity index (χ0v) is 15.9. The van der Waals surface area contributed by atoms with Crippen molar-refractivity contribution in [2.24, 2.45) is 0 Å². The minimum Gasteiger partial charge on any atom is -0.346 e. The second kappa shape index (κ2) is 6.83. The number of carbonyl (C=O) groups excluding carboxylic acids is 1. The van der Waals surface area contributed by atoms with Gasteiger partial charge in [-0.25, -0.2) is 17.5 Å². The van der Waals surface area contributed by atoms with Crippen LogP contribution in [0.4, 0.5) is 4.39 Å². The van der Waals surface area contributed by atoms with Gasteiger partial charge in [-0.05, 0) is 43.8 Å². The van der Waals surface area contributed by atoms with E-state index in [-0.39, 0.29) is 22.5 Å². The summed E-state index contributed by atoms with van der Waals surface area (Å²) in [5, 5.41) is 3.23. The molecule has 2 N–H and O–H groups in total. The van der Waals surface area contributed by atoms with Crippen LogP contribution >= 0.6 is 22.7 Å². The van der Waals surface area contributed by atoms with Gasteiger partial charge in [0, 0.05) is 15.0 Å². The third-order valence-corrected chi connectivity index (χ3v) is 7.95. The first kappa shape index (κ1) is 18.0. The predicted octanol–water partition coefficient (Wildman–Crippen LogP) is 3.25. The van der Waals surface area contributed by atoms with Crippen molar-refractivity contribution in [3.8, 4) is 0 Å². The molecular formula is C16H15FN2O3S3. The van der Waals surface area contributed by atoms with E-state index < -0.39 is 10.0 Å². The van der Waals surface area contributed by atoms with Gasteiger partial charge in [-0.2, -0.15) is 0 Å².